The highest BCUT2D eigenvalue weighted by Gasteiger charge is 2.50. The monoisotopic (exact) mass is 268 g/mol. The topological polar surface area (TPSA) is 78.4 Å². The van der Waals surface area contributed by atoms with Crippen LogP contribution >= 0.6 is 0 Å². The first kappa shape index (κ1) is 14.3. The van der Waals surface area contributed by atoms with Crippen molar-refractivity contribution in [3.8, 4) is 0 Å². The van der Waals surface area contributed by atoms with E-state index in [-0.39, 0.29) is 30.5 Å². The van der Waals surface area contributed by atoms with Crippen molar-refractivity contribution in [2.45, 2.75) is 51.6 Å². The molecule has 3 N–H and O–H groups in total. The molecule has 2 rings (SSSR count). The van der Waals surface area contributed by atoms with Gasteiger partial charge in [0, 0.05) is 12.1 Å². The number of fused-ring (bicyclic) bond motifs is 2. The molecule has 5 heteroatoms. The Morgan fingerprint density at radius 2 is 2.00 bits per heavy atom. The molecule has 19 heavy (non-hydrogen) atoms. The minimum Gasteiger partial charge on any atom is -0.481 e. The molecule has 5 unspecified atom stereocenters. The normalized spacial score (nSPS) is 34.2. The highest BCUT2D eigenvalue weighted by Crippen LogP contribution is 2.48. The van der Waals surface area contributed by atoms with Crippen molar-refractivity contribution in [2.24, 2.45) is 17.8 Å². The third-order valence-electron chi connectivity index (χ3n) is 4.72. The number of nitrogens with one attached hydrogen (secondary N) is 2. The molecule has 0 aromatic carbocycles. The second kappa shape index (κ2) is 5.90. The molecule has 2 bridgehead atoms. The van der Waals surface area contributed by atoms with E-state index >= 15 is 0 Å². The molecule has 5 atom stereocenters. The van der Waals surface area contributed by atoms with E-state index in [9.17, 15) is 14.7 Å². The fourth-order valence-electron chi connectivity index (χ4n) is 3.58. The Bertz CT molecular complexity index is 359. The van der Waals surface area contributed by atoms with E-state index < -0.39 is 5.97 Å². The fourth-order valence-corrected chi connectivity index (χ4v) is 3.58. The largest absolute Gasteiger partial charge is 0.481 e. The molecule has 0 radical (unpaired) electrons. The Morgan fingerprint density at radius 1 is 1.32 bits per heavy atom. The van der Waals surface area contributed by atoms with Gasteiger partial charge < -0.3 is 15.7 Å². The maximum absolute atomic E-state index is 11.7. The van der Waals surface area contributed by atoms with Crippen molar-refractivity contribution in [1.29, 1.82) is 0 Å². The van der Waals surface area contributed by atoms with Crippen LogP contribution in [0.25, 0.3) is 0 Å². The third-order valence-corrected chi connectivity index (χ3v) is 4.72. The molecule has 0 spiro atoms. The number of carbonyl (C=O) groups is 2. The molecule has 0 saturated heterocycles. The number of hydrogen-bond donors (Lipinski definition) is 3. The minimum atomic E-state index is -0.716. The van der Waals surface area contributed by atoms with Gasteiger partial charge in [-0.2, -0.15) is 0 Å². The summed E-state index contributed by atoms with van der Waals surface area (Å²) in [5.41, 5.74) is 0. The second-order valence-electron chi connectivity index (χ2n) is 5.98. The molecular weight excluding hydrogens is 244 g/mol. The molecule has 0 aliphatic heterocycles. The first-order chi connectivity index (χ1) is 9.02. The van der Waals surface area contributed by atoms with Gasteiger partial charge in [0.25, 0.3) is 0 Å². The van der Waals surface area contributed by atoms with E-state index in [0.717, 1.165) is 25.7 Å². The zero-order valence-electron chi connectivity index (χ0n) is 11.7. The van der Waals surface area contributed by atoms with Crippen molar-refractivity contribution < 1.29 is 14.7 Å². The molecule has 0 aromatic heterocycles. The van der Waals surface area contributed by atoms with Gasteiger partial charge >= 0.3 is 5.97 Å². The Balaban J connectivity index is 1.85. The molecule has 5 nitrogen and oxygen atoms in total. The average molecular weight is 268 g/mol. The maximum Gasteiger partial charge on any atom is 0.308 e. The highest BCUT2D eigenvalue weighted by atomic mass is 16.4. The first-order valence-electron chi connectivity index (χ1n) is 7.28. The summed E-state index contributed by atoms with van der Waals surface area (Å²) in [6.07, 6.45) is 4.03. The summed E-state index contributed by atoms with van der Waals surface area (Å²) in [6.45, 7) is 4.21. The molecule has 108 valence electrons. The average Bonchev–Trinajstić information content (AvgIpc) is 2.95. The summed E-state index contributed by atoms with van der Waals surface area (Å²) in [5, 5.41) is 15.4. The van der Waals surface area contributed by atoms with Crippen molar-refractivity contribution >= 4 is 11.9 Å². The van der Waals surface area contributed by atoms with Gasteiger partial charge in [0.2, 0.25) is 5.91 Å². The molecule has 2 aliphatic rings. The summed E-state index contributed by atoms with van der Waals surface area (Å²) < 4.78 is 0. The van der Waals surface area contributed by atoms with Crippen LogP contribution in [0, 0.1) is 17.8 Å². The Labute approximate surface area is 114 Å². The molecular formula is C14H24N2O3. The van der Waals surface area contributed by atoms with Crippen LogP contribution in [0.15, 0.2) is 0 Å². The molecule has 0 heterocycles. The van der Waals surface area contributed by atoms with Crippen LogP contribution in [0.4, 0.5) is 0 Å². The lowest BCUT2D eigenvalue weighted by Crippen LogP contribution is -2.48. The Kier molecular flexibility index (Phi) is 4.45. The Morgan fingerprint density at radius 3 is 2.63 bits per heavy atom. The van der Waals surface area contributed by atoms with Crippen molar-refractivity contribution in [3.05, 3.63) is 0 Å². The van der Waals surface area contributed by atoms with Gasteiger partial charge in [-0.05, 0) is 44.4 Å². The summed E-state index contributed by atoms with van der Waals surface area (Å²) in [4.78, 5) is 23.1. The van der Waals surface area contributed by atoms with Gasteiger partial charge in [0.15, 0.2) is 0 Å². The SMILES string of the molecule is CCC(C)NC(=O)CNC1C2CCC(C2)C1C(=O)O. The lowest BCUT2D eigenvalue weighted by atomic mass is 9.84. The first-order valence-corrected chi connectivity index (χ1v) is 7.28. The quantitative estimate of drug-likeness (QED) is 0.671. The fraction of sp³-hybridized carbons (Fsp3) is 0.857. The lowest BCUT2D eigenvalue weighted by molar-refractivity contribution is -0.144. The zero-order chi connectivity index (χ0) is 14.0. The predicted octanol–water partition coefficient (Wildman–Crippen LogP) is 0.990. The van der Waals surface area contributed by atoms with Gasteiger partial charge in [-0.25, -0.2) is 0 Å². The van der Waals surface area contributed by atoms with Gasteiger partial charge in [0.05, 0.1) is 12.5 Å². The minimum absolute atomic E-state index is 0.0288. The van der Waals surface area contributed by atoms with Gasteiger partial charge in [-0.15, -0.1) is 0 Å². The standard InChI is InChI=1S/C14H24N2O3/c1-3-8(2)16-11(17)7-15-13-10-5-4-9(6-10)12(13)14(18)19/h8-10,12-13,15H,3-7H2,1-2H3,(H,16,17)(H,18,19). The van der Waals surface area contributed by atoms with E-state index in [1.54, 1.807) is 0 Å². The number of carboxylic acids is 1. The second-order valence-corrected chi connectivity index (χ2v) is 5.98. The van der Waals surface area contributed by atoms with Crippen molar-refractivity contribution in [3.63, 3.8) is 0 Å². The summed E-state index contributed by atoms with van der Waals surface area (Å²) in [5.74, 6) is -0.330. The van der Waals surface area contributed by atoms with Crippen LogP contribution < -0.4 is 10.6 Å². The van der Waals surface area contributed by atoms with Crippen LogP contribution in [0.3, 0.4) is 0 Å². The smallest absolute Gasteiger partial charge is 0.308 e. The van der Waals surface area contributed by atoms with Crippen LogP contribution in [-0.4, -0.2) is 35.6 Å². The number of carbonyl (C=O) groups excluding carboxylic acids is 1. The number of hydrogen-bond acceptors (Lipinski definition) is 3. The van der Waals surface area contributed by atoms with Gasteiger partial charge in [0.1, 0.15) is 0 Å². The van der Waals surface area contributed by atoms with E-state index in [2.05, 4.69) is 10.6 Å². The predicted molar refractivity (Wildman–Crippen MR) is 71.6 cm³/mol. The van der Waals surface area contributed by atoms with Crippen LogP contribution in [0.1, 0.15) is 39.5 Å². The molecule has 1 amide bonds. The van der Waals surface area contributed by atoms with E-state index in [1.165, 1.54) is 0 Å². The number of rotatable bonds is 6. The summed E-state index contributed by atoms with van der Waals surface area (Å²) >= 11 is 0. The highest BCUT2D eigenvalue weighted by molar-refractivity contribution is 5.78. The van der Waals surface area contributed by atoms with Crippen LogP contribution in [0.2, 0.25) is 0 Å². The molecule has 2 saturated carbocycles. The maximum atomic E-state index is 11.7. The summed E-state index contributed by atoms with van der Waals surface area (Å²) in [7, 11) is 0. The molecule has 2 aliphatic carbocycles. The number of carboxylic acid groups (broad SMARTS) is 1. The number of aliphatic carboxylic acids is 1. The number of amides is 1. The van der Waals surface area contributed by atoms with E-state index in [4.69, 9.17) is 0 Å². The van der Waals surface area contributed by atoms with E-state index in [0.29, 0.717) is 11.8 Å². The van der Waals surface area contributed by atoms with Crippen molar-refractivity contribution in [2.75, 3.05) is 6.54 Å². The molecule has 2 fully saturated rings. The van der Waals surface area contributed by atoms with Gasteiger partial charge in [-0.3, -0.25) is 9.59 Å². The van der Waals surface area contributed by atoms with E-state index in [1.807, 2.05) is 13.8 Å². The zero-order valence-corrected chi connectivity index (χ0v) is 11.7. The van der Waals surface area contributed by atoms with Gasteiger partial charge in [-0.1, -0.05) is 6.92 Å². The van der Waals surface area contributed by atoms with Crippen LogP contribution in [-0.2, 0) is 9.59 Å². The Hall–Kier alpha value is -1.10. The summed E-state index contributed by atoms with van der Waals surface area (Å²) in [6, 6.07) is 0.142. The third kappa shape index (κ3) is 3.08. The molecule has 0 aromatic rings. The van der Waals surface area contributed by atoms with Crippen molar-refractivity contribution in [1.82, 2.24) is 10.6 Å². The van der Waals surface area contributed by atoms with Crippen LogP contribution in [0.5, 0.6) is 0 Å². The lowest BCUT2D eigenvalue weighted by Gasteiger charge is -2.29.